The van der Waals surface area contributed by atoms with Crippen LogP contribution in [0.15, 0.2) is 48.5 Å². The third kappa shape index (κ3) is 2.17. The highest BCUT2D eigenvalue weighted by Gasteiger charge is 2.58. The Morgan fingerprint density at radius 3 is 1.68 bits per heavy atom. The third-order valence-electron chi connectivity index (χ3n) is 5.41. The molecule has 3 aliphatic carbocycles. The number of esters is 1. The number of benzene rings is 2. The van der Waals surface area contributed by atoms with Gasteiger partial charge < -0.3 is 4.74 Å². The fraction of sp³-hybridized carbons (Fsp3) is 0.316. The number of carbonyl (C=O) groups excluding carboxylic acids is 1. The standard InChI is InChI=1S/C19H18O5S/c1-23-19(20)17-15-11-7-3-5-9-13(11)16(18(17)25(21,22)24-2)14-10-6-4-8-12(14)15/h3-10,15-18H,1-2H3/t15?,16?,17-,18+/m0/s1. The molecule has 5 rings (SSSR count). The van der Waals surface area contributed by atoms with Crippen molar-refractivity contribution in [3.8, 4) is 0 Å². The number of rotatable bonds is 3. The van der Waals surface area contributed by atoms with E-state index in [9.17, 15) is 13.2 Å². The van der Waals surface area contributed by atoms with Gasteiger partial charge in [0.15, 0.2) is 0 Å². The molecule has 0 unspecified atom stereocenters. The summed E-state index contributed by atoms with van der Waals surface area (Å²) in [5.74, 6) is -2.17. The highest BCUT2D eigenvalue weighted by atomic mass is 32.2. The molecule has 0 radical (unpaired) electrons. The Kier molecular flexibility index (Phi) is 3.70. The second-order valence-electron chi connectivity index (χ2n) is 6.39. The zero-order valence-electron chi connectivity index (χ0n) is 13.9. The summed E-state index contributed by atoms with van der Waals surface area (Å²) in [4.78, 5) is 12.6. The van der Waals surface area contributed by atoms with Crippen LogP contribution in [0, 0.1) is 5.92 Å². The van der Waals surface area contributed by atoms with Crippen LogP contribution in [-0.2, 0) is 23.8 Å². The lowest BCUT2D eigenvalue weighted by atomic mass is 9.59. The van der Waals surface area contributed by atoms with Crippen molar-refractivity contribution in [3.63, 3.8) is 0 Å². The summed E-state index contributed by atoms with van der Waals surface area (Å²) in [6.45, 7) is 0. The Hall–Kier alpha value is -2.18. The van der Waals surface area contributed by atoms with Gasteiger partial charge >= 0.3 is 5.97 Å². The minimum absolute atomic E-state index is 0.361. The lowest BCUT2D eigenvalue weighted by molar-refractivity contribution is -0.146. The van der Waals surface area contributed by atoms with Crippen molar-refractivity contribution in [1.82, 2.24) is 0 Å². The molecule has 0 spiro atoms. The van der Waals surface area contributed by atoms with Gasteiger partial charge in [0.05, 0.1) is 20.1 Å². The van der Waals surface area contributed by atoms with Crippen molar-refractivity contribution in [2.24, 2.45) is 5.92 Å². The number of hydrogen-bond acceptors (Lipinski definition) is 5. The van der Waals surface area contributed by atoms with E-state index >= 15 is 0 Å². The first-order valence-electron chi connectivity index (χ1n) is 8.06. The lowest BCUT2D eigenvalue weighted by Crippen LogP contribution is -2.51. The van der Waals surface area contributed by atoms with E-state index in [1.54, 1.807) is 0 Å². The Morgan fingerprint density at radius 2 is 1.28 bits per heavy atom. The van der Waals surface area contributed by atoms with Crippen LogP contribution in [0.1, 0.15) is 34.1 Å². The Bertz CT molecular complexity index is 902. The minimum atomic E-state index is -3.94. The van der Waals surface area contributed by atoms with E-state index in [0.717, 1.165) is 29.4 Å². The molecular formula is C19H18O5S. The maximum atomic E-state index is 12.8. The normalized spacial score (nSPS) is 26.6. The van der Waals surface area contributed by atoms with Crippen molar-refractivity contribution in [3.05, 3.63) is 70.8 Å². The van der Waals surface area contributed by atoms with E-state index in [1.807, 2.05) is 48.5 Å². The molecule has 0 heterocycles. The second kappa shape index (κ2) is 5.68. The fourth-order valence-electron chi connectivity index (χ4n) is 4.49. The number of hydrogen-bond donors (Lipinski definition) is 0. The summed E-state index contributed by atoms with van der Waals surface area (Å²) in [7, 11) is -1.51. The number of carbonyl (C=O) groups is 1. The average Bonchev–Trinajstić information content (AvgIpc) is 2.66. The summed E-state index contributed by atoms with van der Waals surface area (Å²) < 4.78 is 35.4. The van der Waals surface area contributed by atoms with Gasteiger partial charge in [-0.3, -0.25) is 8.98 Å². The summed E-state index contributed by atoms with van der Waals surface area (Å²) in [5.41, 5.74) is 3.86. The zero-order chi connectivity index (χ0) is 17.8. The largest absolute Gasteiger partial charge is 0.469 e. The van der Waals surface area contributed by atoms with Gasteiger partial charge in [-0.1, -0.05) is 48.5 Å². The van der Waals surface area contributed by atoms with E-state index in [2.05, 4.69) is 0 Å². The summed E-state index contributed by atoms with van der Waals surface area (Å²) in [5, 5.41) is -1.00. The number of ether oxygens (including phenoxy) is 1. The number of methoxy groups -OCH3 is 1. The van der Waals surface area contributed by atoms with Gasteiger partial charge in [-0.2, -0.15) is 8.42 Å². The van der Waals surface area contributed by atoms with E-state index in [1.165, 1.54) is 7.11 Å². The first kappa shape index (κ1) is 16.3. The lowest BCUT2D eigenvalue weighted by Gasteiger charge is -2.48. The zero-order valence-corrected chi connectivity index (χ0v) is 14.7. The van der Waals surface area contributed by atoms with Crippen LogP contribution < -0.4 is 0 Å². The molecule has 0 aromatic heterocycles. The fourth-order valence-corrected chi connectivity index (χ4v) is 5.97. The Labute approximate surface area is 146 Å². The maximum absolute atomic E-state index is 12.8. The molecule has 0 amide bonds. The van der Waals surface area contributed by atoms with Crippen LogP contribution in [0.2, 0.25) is 0 Å². The van der Waals surface area contributed by atoms with Crippen molar-refractivity contribution >= 4 is 16.1 Å². The SMILES string of the molecule is COC(=O)[C@H]1C2c3ccccc3C(c3ccccc32)[C@H]1S(=O)(=O)OC. The smallest absolute Gasteiger partial charge is 0.311 e. The van der Waals surface area contributed by atoms with Crippen LogP contribution >= 0.6 is 0 Å². The van der Waals surface area contributed by atoms with Gasteiger partial charge in [0.25, 0.3) is 10.1 Å². The van der Waals surface area contributed by atoms with Crippen LogP contribution in [0.25, 0.3) is 0 Å². The van der Waals surface area contributed by atoms with E-state index in [4.69, 9.17) is 8.92 Å². The van der Waals surface area contributed by atoms with Crippen LogP contribution in [0.4, 0.5) is 0 Å². The van der Waals surface area contributed by atoms with Gasteiger partial charge in [-0.15, -0.1) is 0 Å². The van der Waals surface area contributed by atoms with Crippen molar-refractivity contribution in [2.75, 3.05) is 14.2 Å². The van der Waals surface area contributed by atoms with Gasteiger partial charge in [-0.25, -0.2) is 0 Å². The van der Waals surface area contributed by atoms with E-state index < -0.39 is 33.2 Å². The predicted molar refractivity (Wildman–Crippen MR) is 91.8 cm³/mol. The van der Waals surface area contributed by atoms with E-state index in [0.29, 0.717) is 0 Å². The van der Waals surface area contributed by atoms with Crippen LogP contribution in [0.5, 0.6) is 0 Å². The van der Waals surface area contributed by atoms with Crippen LogP contribution in [-0.4, -0.2) is 33.9 Å². The molecule has 0 aliphatic heterocycles. The highest BCUT2D eigenvalue weighted by molar-refractivity contribution is 7.87. The van der Waals surface area contributed by atoms with Gasteiger partial charge in [0.2, 0.25) is 0 Å². The van der Waals surface area contributed by atoms with Gasteiger partial charge in [-0.05, 0) is 22.3 Å². The molecule has 25 heavy (non-hydrogen) atoms. The molecule has 0 saturated heterocycles. The van der Waals surface area contributed by atoms with Gasteiger partial charge in [0.1, 0.15) is 5.25 Å². The molecule has 0 N–H and O–H groups in total. The molecular weight excluding hydrogens is 340 g/mol. The summed E-state index contributed by atoms with van der Waals surface area (Å²) in [6, 6.07) is 15.4. The van der Waals surface area contributed by atoms with Gasteiger partial charge in [0, 0.05) is 11.8 Å². The Morgan fingerprint density at radius 1 is 0.840 bits per heavy atom. The molecule has 2 bridgehead atoms. The van der Waals surface area contributed by atoms with Crippen LogP contribution in [0.3, 0.4) is 0 Å². The van der Waals surface area contributed by atoms with Crippen molar-refractivity contribution < 1.29 is 22.1 Å². The molecule has 130 valence electrons. The average molecular weight is 358 g/mol. The Balaban J connectivity index is 2.06. The molecule has 2 aromatic rings. The van der Waals surface area contributed by atoms with E-state index in [-0.39, 0.29) is 5.92 Å². The molecule has 2 atom stereocenters. The summed E-state index contributed by atoms with van der Waals surface area (Å²) in [6.07, 6.45) is 0. The second-order valence-corrected chi connectivity index (χ2v) is 8.25. The monoisotopic (exact) mass is 358 g/mol. The minimum Gasteiger partial charge on any atom is -0.469 e. The molecule has 0 fully saturated rings. The maximum Gasteiger partial charge on any atom is 0.311 e. The molecule has 2 aromatic carbocycles. The predicted octanol–water partition coefficient (Wildman–Crippen LogP) is 2.41. The van der Waals surface area contributed by atoms with Crippen molar-refractivity contribution in [1.29, 1.82) is 0 Å². The number of fused-ring (bicyclic) bond motifs is 1. The first-order chi connectivity index (χ1) is 12.0. The summed E-state index contributed by atoms with van der Waals surface area (Å²) >= 11 is 0. The molecule has 3 aliphatic rings. The molecule has 0 saturated carbocycles. The quantitative estimate of drug-likeness (QED) is 0.622. The molecule has 6 heteroatoms. The topological polar surface area (TPSA) is 69.7 Å². The van der Waals surface area contributed by atoms with Crippen molar-refractivity contribution in [2.45, 2.75) is 17.1 Å². The third-order valence-corrected chi connectivity index (χ3v) is 7.11. The first-order valence-corrected chi connectivity index (χ1v) is 9.53. The highest BCUT2D eigenvalue weighted by Crippen LogP contribution is 2.57. The molecule has 5 nitrogen and oxygen atoms in total.